The van der Waals surface area contributed by atoms with Crippen molar-refractivity contribution in [1.82, 2.24) is 10.6 Å². The van der Waals surface area contributed by atoms with Crippen molar-refractivity contribution in [2.24, 2.45) is 4.99 Å². The molecule has 0 unspecified atom stereocenters. The zero-order valence-electron chi connectivity index (χ0n) is 13.4. The van der Waals surface area contributed by atoms with Crippen molar-refractivity contribution in [1.29, 1.82) is 0 Å². The van der Waals surface area contributed by atoms with Crippen LogP contribution in [0.4, 0.5) is 0 Å². The van der Waals surface area contributed by atoms with Gasteiger partial charge in [0.2, 0.25) is 0 Å². The number of hydrogen-bond donors (Lipinski definition) is 2. The summed E-state index contributed by atoms with van der Waals surface area (Å²) in [5, 5.41) is 6.67. The highest BCUT2D eigenvalue weighted by Gasteiger charge is 2.21. The second-order valence-electron chi connectivity index (χ2n) is 5.84. The van der Waals surface area contributed by atoms with Crippen LogP contribution >= 0.6 is 0 Å². The van der Waals surface area contributed by atoms with E-state index in [4.69, 9.17) is 4.74 Å². The number of rotatable bonds is 5. The highest BCUT2D eigenvalue weighted by molar-refractivity contribution is 5.80. The number of nitrogens with one attached hydrogen (secondary N) is 2. The standard InChI is InChI=1S/C16H27N3O/c1-12(2)19-15(17-5)18-11-16(3,4)13-7-9-14(20-6)10-8-13/h7-10,12H,11H2,1-6H3,(H2,17,18,19). The SMILES string of the molecule is CN=C(NCC(C)(C)c1ccc(OC)cc1)NC(C)C. The normalized spacial score (nSPS) is 12.4. The van der Waals surface area contributed by atoms with Gasteiger partial charge in [-0.15, -0.1) is 0 Å². The second kappa shape index (κ2) is 7.17. The number of guanidine groups is 1. The first-order valence-electron chi connectivity index (χ1n) is 7.01. The van der Waals surface area contributed by atoms with Crippen molar-refractivity contribution < 1.29 is 4.74 Å². The van der Waals surface area contributed by atoms with E-state index in [9.17, 15) is 0 Å². The third kappa shape index (κ3) is 4.76. The van der Waals surface area contributed by atoms with E-state index in [1.54, 1.807) is 14.2 Å². The Bertz CT molecular complexity index is 436. The Labute approximate surface area is 122 Å². The van der Waals surface area contributed by atoms with Gasteiger partial charge in [-0.1, -0.05) is 26.0 Å². The molecule has 0 amide bonds. The lowest BCUT2D eigenvalue weighted by Gasteiger charge is -2.27. The lowest BCUT2D eigenvalue weighted by molar-refractivity contribution is 0.414. The Balaban J connectivity index is 2.68. The molecule has 20 heavy (non-hydrogen) atoms. The maximum absolute atomic E-state index is 5.20. The van der Waals surface area contributed by atoms with Gasteiger partial charge in [0.05, 0.1) is 7.11 Å². The molecule has 0 aromatic heterocycles. The van der Waals surface area contributed by atoms with Gasteiger partial charge in [-0.25, -0.2) is 0 Å². The van der Waals surface area contributed by atoms with Crippen LogP contribution in [0.5, 0.6) is 5.75 Å². The van der Waals surface area contributed by atoms with Crippen molar-refractivity contribution in [3.05, 3.63) is 29.8 Å². The van der Waals surface area contributed by atoms with Gasteiger partial charge < -0.3 is 15.4 Å². The molecule has 2 N–H and O–H groups in total. The van der Waals surface area contributed by atoms with Crippen LogP contribution in [0, 0.1) is 0 Å². The topological polar surface area (TPSA) is 45.7 Å². The van der Waals surface area contributed by atoms with E-state index >= 15 is 0 Å². The summed E-state index contributed by atoms with van der Waals surface area (Å²) in [6, 6.07) is 8.58. The van der Waals surface area contributed by atoms with Crippen LogP contribution in [0.3, 0.4) is 0 Å². The van der Waals surface area contributed by atoms with E-state index in [2.05, 4.69) is 55.5 Å². The van der Waals surface area contributed by atoms with Gasteiger partial charge in [0.1, 0.15) is 5.75 Å². The Morgan fingerprint density at radius 3 is 2.30 bits per heavy atom. The van der Waals surface area contributed by atoms with Crippen molar-refractivity contribution in [2.45, 2.75) is 39.2 Å². The third-order valence-corrected chi connectivity index (χ3v) is 3.22. The van der Waals surface area contributed by atoms with Gasteiger partial charge in [0, 0.05) is 25.0 Å². The van der Waals surface area contributed by atoms with Crippen LogP contribution in [0.1, 0.15) is 33.3 Å². The molecule has 0 spiro atoms. The van der Waals surface area contributed by atoms with Gasteiger partial charge in [0.15, 0.2) is 5.96 Å². The molecule has 0 atom stereocenters. The molecule has 0 radical (unpaired) electrons. The fraction of sp³-hybridized carbons (Fsp3) is 0.562. The molecule has 1 aromatic rings. The highest BCUT2D eigenvalue weighted by atomic mass is 16.5. The minimum absolute atomic E-state index is 0.0148. The van der Waals surface area contributed by atoms with E-state index in [-0.39, 0.29) is 5.41 Å². The Morgan fingerprint density at radius 2 is 1.85 bits per heavy atom. The molecule has 4 nitrogen and oxygen atoms in total. The van der Waals surface area contributed by atoms with Crippen molar-refractivity contribution in [3.8, 4) is 5.75 Å². The second-order valence-corrected chi connectivity index (χ2v) is 5.84. The maximum atomic E-state index is 5.20. The summed E-state index contributed by atoms with van der Waals surface area (Å²) >= 11 is 0. The lowest BCUT2D eigenvalue weighted by Crippen LogP contribution is -2.45. The first-order chi connectivity index (χ1) is 9.39. The number of nitrogens with zero attached hydrogens (tertiary/aromatic N) is 1. The molecular weight excluding hydrogens is 250 g/mol. The molecule has 0 bridgehead atoms. The molecule has 0 aliphatic heterocycles. The number of ether oxygens (including phenoxy) is 1. The van der Waals surface area contributed by atoms with Crippen molar-refractivity contribution >= 4 is 5.96 Å². The largest absolute Gasteiger partial charge is 0.497 e. The average Bonchev–Trinajstić information content (AvgIpc) is 2.43. The molecule has 4 heteroatoms. The maximum Gasteiger partial charge on any atom is 0.191 e. The summed E-state index contributed by atoms with van der Waals surface area (Å²) in [5.74, 6) is 1.72. The Hall–Kier alpha value is -1.71. The molecule has 0 heterocycles. The number of methoxy groups -OCH3 is 1. The fourth-order valence-electron chi connectivity index (χ4n) is 1.92. The van der Waals surface area contributed by atoms with E-state index in [1.807, 2.05) is 12.1 Å². The Morgan fingerprint density at radius 1 is 1.25 bits per heavy atom. The molecule has 0 saturated heterocycles. The molecule has 0 saturated carbocycles. The van der Waals surface area contributed by atoms with Gasteiger partial charge in [-0.3, -0.25) is 4.99 Å². The summed E-state index contributed by atoms with van der Waals surface area (Å²) in [7, 11) is 3.47. The van der Waals surface area contributed by atoms with Crippen LogP contribution in [0.15, 0.2) is 29.3 Å². The third-order valence-electron chi connectivity index (χ3n) is 3.22. The molecule has 0 aliphatic rings. The smallest absolute Gasteiger partial charge is 0.191 e. The highest BCUT2D eigenvalue weighted by Crippen LogP contribution is 2.24. The fourth-order valence-corrected chi connectivity index (χ4v) is 1.92. The summed E-state index contributed by atoms with van der Waals surface area (Å²) in [5.41, 5.74) is 1.28. The summed E-state index contributed by atoms with van der Waals surface area (Å²) < 4.78 is 5.20. The van der Waals surface area contributed by atoms with Gasteiger partial charge in [-0.05, 0) is 31.5 Å². The van der Waals surface area contributed by atoms with Crippen LogP contribution in [-0.2, 0) is 5.41 Å². The average molecular weight is 277 g/mol. The van der Waals surface area contributed by atoms with E-state index in [1.165, 1.54) is 5.56 Å². The number of hydrogen-bond acceptors (Lipinski definition) is 2. The minimum atomic E-state index is 0.0148. The predicted octanol–water partition coefficient (Wildman–Crippen LogP) is 2.55. The van der Waals surface area contributed by atoms with E-state index < -0.39 is 0 Å². The van der Waals surface area contributed by atoms with Crippen molar-refractivity contribution in [3.63, 3.8) is 0 Å². The van der Waals surface area contributed by atoms with Crippen LogP contribution < -0.4 is 15.4 Å². The van der Waals surface area contributed by atoms with E-state index in [0.29, 0.717) is 6.04 Å². The molecule has 1 aromatic carbocycles. The predicted molar refractivity (Wildman–Crippen MR) is 85.7 cm³/mol. The molecule has 0 aliphatic carbocycles. The lowest BCUT2D eigenvalue weighted by atomic mass is 9.84. The Kier molecular flexibility index (Phi) is 5.86. The first-order valence-corrected chi connectivity index (χ1v) is 7.01. The monoisotopic (exact) mass is 277 g/mol. The zero-order chi connectivity index (χ0) is 15.2. The number of aliphatic imine (C=N–C) groups is 1. The minimum Gasteiger partial charge on any atom is -0.497 e. The quantitative estimate of drug-likeness (QED) is 0.642. The first kappa shape index (κ1) is 16.3. The van der Waals surface area contributed by atoms with Gasteiger partial charge in [0.25, 0.3) is 0 Å². The summed E-state index contributed by atoms with van der Waals surface area (Å²) in [4.78, 5) is 4.23. The van der Waals surface area contributed by atoms with Crippen LogP contribution in [-0.4, -0.2) is 32.7 Å². The summed E-state index contributed by atoms with van der Waals surface area (Å²) in [6.45, 7) is 9.43. The molecular formula is C16H27N3O. The molecule has 1 rings (SSSR count). The molecule has 0 fully saturated rings. The van der Waals surface area contributed by atoms with Gasteiger partial charge >= 0.3 is 0 Å². The zero-order valence-corrected chi connectivity index (χ0v) is 13.4. The van der Waals surface area contributed by atoms with Crippen LogP contribution in [0.2, 0.25) is 0 Å². The summed E-state index contributed by atoms with van der Waals surface area (Å²) in [6.07, 6.45) is 0. The number of benzene rings is 1. The van der Waals surface area contributed by atoms with E-state index in [0.717, 1.165) is 18.3 Å². The van der Waals surface area contributed by atoms with Crippen LogP contribution in [0.25, 0.3) is 0 Å². The molecule has 112 valence electrons. The van der Waals surface area contributed by atoms with Gasteiger partial charge in [-0.2, -0.15) is 0 Å². The van der Waals surface area contributed by atoms with Crippen molar-refractivity contribution in [2.75, 3.05) is 20.7 Å².